The van der Waals surface area contributed by atoms with Crippen LogP contribution < -0.4 is 5.32 Å². The largest absolute Gasteiger partial charge is 0.464 e. The van der Waals surface area contributed by atoms with Gasteiger partial charge in [-0.1, -0.05) is 121 Å². The third-order valence-electron chi connectivity index (χ3n) is 5.81. The van der Waals surface area contributed by atoms with Gasteiger partial charge in [-0.15, -0.1) is 0 Å². The van der Waals surface area contributed by atoms with E-state index in [1.165, 1.54) is 83.5 Å². The molecule has 0 aliphatic heterocycles. The minimum Gasteiger partial charge on any atom is -0.464 e. The summed E-state index contributed by atoms with van der Waals surface area (Å²) in [6.07, 6.45) is 19.6. The normalized spacial score (nSPS) is 11.8. The van der Waals surface area contributed by atoms with Crippen LogP contribution in [0, 0.1) is 0 Å². The number of benzene rings is 1. The van der Waals surface area contributed by atoms with Gasteiger partial charge in [-0.25, -0.2) is 4.79 Å². The molecule has 0 radical (unpaired) electrons. The summed E-state index contributed by atoms with van der Waals surface area (Å²) in [4.78, 5) is 24.3. The van der Waals surface area contributed by atoms with Gasteiger partial charge in [0.25, 0.3) is 5.91 Å². The zero-order chi connectivity index (χ0) is 23.4. The Balaban J connectivity index is 1.93. The van der Waals surface area contributed by atoms with Gasteiger partial charge in [-0.2, -0.15) is 0 Å². The van der Waals surface area contributed by atoms with Crippen molar-refractivity contribution in [2.24, 2.45) is 0 Å². The lowest BCUT2D eigenvalue weighted by atomic mass is 10.0. The van der Waals surface area contributed by atoms with Crippen molar-refractivity contribution < 1.29 is 14.3 Å². The highest BCUT2D eigenvalue weighted by Crippen LogP contribution is 2.15. The van der Waals surface area contributed by atoms with Crippen molar-refractivity contribution >= 4 is 23.5 Å². The minimum atomic E-state index is -0.699. The Kier molecular flexibility index (Phi) is 16.9. The molecule has 1 N–H and O–H groups in total. The molecule has 1 amide bonds. The lowest BCUT2D eigenvalue weighted by Crippen LogP contribution is -2.39. The monoisotopic (exact) mass is 465 g/mol. The van der Waals surface area contributed by atoms with Crippen molar-refractivity contribution in [3.05, 3.63) is 34.9 Å². The molecule has 0 aliphatic rings. The van der Waals surface area contributed by atoms with Gasteiger partial charge in [-0.05, 0) is 25.5 Å². The summed E-state index contributed by atoms with van der Waals surface area (Å²) < 4.78 is 5.30. The average molecular weight is 466 g/mol. The Morgan fingerprint density at radius 2 is 1.28 bits per heavy atom. The molecule has 1 rings (SSSR count). The Morgan fingerprint density at radius 3 is 1.78 bits per heavy atom. The topological polar surface area (TPSA) is 55.4 Å². The van der Waals surface area contributed by atoms with Crippen LogP contribution in [0.5, 0.6) is 0 Å². The maximum Gasteiger partial charge on any atom is 0.328 e. The van der Waals surface area contributed by atoms with Crippen LogP contribution in [0.2, 0.25) is 5.02 Å². The molecule has 0 fully saturated rings. The van der Waals surface area contributed by atoms with Gasteiger partial charge in [0.2, 0.25) is 0 Å². The highest BCUT2D eigenvalue weighted by atomic mass is 35.5. The Morgan fingerprint density at radius 1 is 0.812 bits per heavy atom. The van der Waals surface area contributed by atoms with Gasteiger partial charge in [0.05, 0.1) is 17.2 Å². The van der Waals surface area contributed by atoms with Crippen LogP contribution in [0.25, 0.3) is 0 Å². The molecule has 1 unspecified atom stereocenters. The van der Waals surface area contributed by atoms with Crippen LogP contribution in [-0.2, 0) is 9.53 Å². The van der Waals surface area contributed by atoms with Crippen LogP contribution in [0.4, 0.5) is 0 Å². The molecule has 5 heteroatoms. The van der Waals surface area contributed by atoms with Crippen LogP contribution in [0.1, 0.15) is 121 Å². The Hall–Kier alpha value is -1.55. The SMILES string of the molecule is CCCCCCCCCCCCCCCCCOC(=O)C(C)NC(=O)c1ccccc1Cl. The number of hydrogen-bond donors (Lipinski definition) is 1. The molecule has 0 heterocycles. The van der Waals surface area contributed by atoms with E-state index in [1.54, 1.807) is 31.2 Å². The molecule has 32 heavy (non-hydrogen) atoms. The summed E-state index contributed by atoms with van der Waals surface area (Å²) in [6.45, 7) is 4.30. The lowest BCUT2D eigenvalue weighted by molar-refractivity contribution is -0.145. The summed E-state index contributed by atoms with van der Waals surface area (Å²) in [5.41, 5.74) is 0.358. The predicted octanol–water partition coefficient (Wildman–Crippen LogP) is 7.87. The van der Waals surface area contributed by atoms with Crippen LogP contribution in [0.15, 0.2) is 24.3 Å². The van der Waals surface area contributed by atoms with Gasteiger partial charge >= 0.3 is 5.97 Å². The van der Waals surface area contributed by atoms with Crippen molar-refractivity contribution in [1.29, 1.82) is 0 Å². The molecule has 0 bridgehead atoms. The molecule has 0 saturated heterocycles. The number of nitrogens with one attached hydrogen (secondary N) is 1. The Labute approximate surface area is 200 Å². The number of ether oxygens (including phenoxy) is 1. The zero-order valence-electron chi connectivity index (χ0n) is 20.3. The minimum absolute atomic E-state index is 0.358. The molecule has 4 nitrogen and oxygen atoms in total. The zero-order valence-corrected chi connectivity index (χ0v) is 21.1. The van der Waals surface area contributed by atoms with E-state index >= 15 is 0 Å². The first-order chi connectivity index (χ1) is 15.6. The fourth-order valence-corrected chi connectivity index (χ4v) is 3.97. The van der Waals surface area contributed by atoms with E-state index in [4.69, 9.17) is 16.3 Å². The van der Waals surface area contributed by atoms with Crippen molar-refractivity contribution in [3.8, 4) is 0 Å². The molecule has 0 saturated carbocycles. The lowest BCUT2D eigenvalue weighted by Gasteiger charge is -2.14. The molecule has 1 aromatic rings. The molecule has 0 spiro atoms. The van der Waals surface area contributed by atoms with Crippen LogP contribution in [-0.4, -0.2) is 24.5 Å². The number of esters is 1. The second-order valence-corrected chi connectivity index (χ2v) is 9.20. The van der Waals surface area contributed by atoms with Gasteiger partial charge in [0, 0.05) is 0 Å². The number of unbranched alkanes of at least 4 members (excludes halogenated alkanes) is 14. The van der Waals surface area contributed by atoms with Crippen LogP contribution in [0.3, 0.4) is 0 Å². The van der Waals surface area contributed by atoms with E-state index in [-0.39, 0.29) is 5.91 Å². The number of rotatable bonds is 19. The number of hydrogen-bond acceptors (Lipinski definition) is 3. The van der Waals surface area contributed by atoms with Gasteiger partial charge < -0.3 is 10.1 Å². The summed E-state index contributed by atoms with van der Waals surface area (Å²) in [5, 5.41) is 3.01. The van der Waals surface area contributed by atoms with Crippen molar-refractivity contribution in [3.63, 3.8) is 0 Å². The molecule has 0 aromatic heterocycles. The second-order valence-electron chi connectivity index (χ2n) is 8.79. The molecular formula is C27H44ClNO3. The third kappa shape index (κ3) is 13.8. The van der Waals surface area contributed by atoms with E-state index in [0.29, 0.717) is 17.2 Å². The van der Waals surface area contributed by atoms with E-state index < -0.39 is 12.0 Å². The van der Waals surface area contributed by atoms with E-state index in [0.717, 1.165) is 12.8 Å². The molecule has 0 aliphatic carbocycles. The smallest absolute Gasteiger partial charge is 0.328 e. The van der Waals surface area contributed by atoms with Gasteiger partial charge in [0.1, 0.15) is 6.04 Å². The molecule has 1 aromatic carbocycles. The predicted molar refractivity (Wildman–Crippen MR) is 134 cm³/mol. The summed E-state index contributed by atoms with van der Waals surface area (Å²) in [6, 6.07) is 6.07. The standard InChI is InChI=1S/C27H44ClNO3/c1-3-4-5-6-7-8-9-10-11-12-13-14-15-16-19-22-32-27(31)23(2)29-26(30)24-20-17-18-21-25(24)28/h17-18,20-21,23H,3-16,19,22H2,1-2H3,(H,29,30). The highest BCUT2D eigenvalue weighted by Gasteiger charge is 2.19. The summed E-state index contributed by atoms with van der Waals surface area (Å²) >= 11 is 6.02. The molecule has 1 atom stereocenters. The van der Waals surface area contributed by atoms with Gasteiger partial charge in [0.15, 0.2) is 0 Å². The fraction of sp³-hybridized carbons (Fsp3) is 0.704. The maximum absolute atomic E-state index is 12.2. The van der Waals surface area contributed by atoms with Crippen molar-refractivity contribution in [2.75, 3.05) is 6.61 Å². The maximum atomic E-state index is 12.2. The first kappa shape index (κ1) is 28.5. The van der Waals surface area contributed by atoms with Crippen molar-refractivity contribution in [1.82, 2.24) is 5.32 Å². The number of amides is 1. The fourth-order valence-electron chi connectivity index (χ4n) is 3.75. The van der Waals surface area contributed by atoms with E-state index in [2.05, 4.69) is 12.2 Å². The van der Waals surface area contributed by atoms with Crippen LogP contribution >= 0.6 is 11.6 Å². The number of carbonyl (C=O) groups is 2. The first-order valence-electron chi connectivity index (χ1n) is 12.8. The summed E-state index contributed by atoms with van der Waals surface area (Å²) in [7, 11) is 0. The Bertz CT molecular complexity index is 635. The first-order valence-corrected chi connectivity index (χ1v) is 13.2. The quantitative estimate of drug-likeness (QED) is 0.167. The average Bonchev–Trinajstić information content (AvgIpc) is 2.78. The van der Waals surface area contributed by atoms with E-state index in [1.807, 2.05) is 0 Å². The highest BCUT2D eigenvalue weighted by molar-refractivity contribution is 6.33. The molecular weight excluding hydrogens is 422 g/mol. The van der Waals surface area contributed by atoms with Gasteiger partial charge in [-0.3, -0.25) is 4.79 Å². The third-order valence-corrected chi connectivity index (χ3v) is 6.14. The number of halogens is 1. The second kappa shape index (κ2) is 19.0. The number of carbonyl (C=O) groups excluding carboxylic acids is 2. The van der Waals surface area contributed by atoms with Crippen molar-refractivity contribution in [2.45, 2.75) is 116 Å². The summed E-state index contributed by atoms with van der Waals surface area (Å²) in [5.74, 6) is -0.775. The molecule has 182 valence electrons. The van der Waals surface area contributed by atoms with E-state index in [9.17, 15) is 9.59 Å².